The highest BCUT2D eigenvalue weighted by Crippen LogP contribution is 2.91. The van der Waals surface area contributed by atoms with Crippen molar-refractivity contribution in [2.45, 2.75) is 50.8 Å². The van der Waals surface area contributed by atoms with Crippen molar-refractivity contribution in [1.82, 2.24) is 0 Å². The Morgan fingerprint density at radius 3 is 2.55 bits per heavy atom. The molecular formula is C10H20P+. The molecule has 2 aliphatic rings. The molecule has 0 N–H and O–H groups in total. The van der Waals surface area contributed by atoms with Crippen LogP contribution in [0.1, 0.15) is 39.5 Å². The molecule has 0 amide bonds. The molecule has 0 radical (unpaired) electrons. The summed E-state index contributed by atoms with van der Waals surface area (Å²) in [6.45, 7) is 4.71. The van der Waals surface area contributed by atoms with Gasteiger partial charge in [0.2, 0.25) is 0 Å². The monoisotopic (exact) mass is 171 g/mol. The van der Waals surface area contributed by atoms with Gasteiger partial charge in [0.15, 0.2) is 0 Å². The standard InChI is InChI=1S/C10H20P/c1-3-5-9-7-10-8-11(9,10)6-4-2/h9-10H,3-8H2,1-2H3/q+1. The summed E-state index contributed by atoms with van der Waals surface area (Å²) >= 11 is 0. The average Bonchev–Trinajstić information content (AvgIpc) is 2.55. The second kappa shape index (κ2) is 2.73. The first-order valence-corrected chi connectivity index (χ1v) is 7.49. The lowest BCUT2D eigenvalue weighted by molar-refractivity contribution is 0.656. The van der Waals surface area contributed by atoms with E-state index in [0.29, 0.717) is 0 Å². The Kier molecular flexibility index (Phi) is 2.00. The van der Waals surface area contributed by atoms with E-state index in [1.54, 1.807) is 25.2 Å². The minimum Gasteiger partial charge on any atom is -0.0652 e. The summed E-state index contributed by atoms with van der Waals surface area (Å²) < 4.78 is 0. The molecule has 0 aromatic heterocycles. The smallest absolute Gasteiger partial charge is 0.0652 e. The summed E-state index contributed by atoms with van der Waals surface area (Å²) in [7, 11) is -0.203. The zero-order valence-electron chi connectivity index (χ0n) is 7.84. The van der Waals surface area contributed by atoms with Gasteiger partial charge in [0, 0.05) is 13.7 Å². The maximum absolute atomic E-state index is 2.37. The molecule has 2 aliphatic heterocycles. The van der Waals surface area contributed by atoms with E-state index in [-0.39, 0.29) is 7.26 Å². The summed E-state index contributed by atoms with van der Waals surface area (Å²) in [6, 6.07) is 0. The number of fused-ring (bicyclic) bond motifs is 1. The first-order valence-electron chi connectivity index (χ1n) is 5.20. The zero-order valence-corrected chi connectivity index (χ0v) is 8.74. The zero-order chi connectivity index (χ0) is 7.90. The van der Waals surface area contributed by atoms with E-state index in [9.17, 15) is 0 Å². The summed E-state index contributed by atoms with van der Waals surface area (Å²) in [6.07, 6.45) is 9.42. The molecule has 0 nitrogen and oxygen atoms in total. The van der Waals surface area contributed by atoms with Gasteiger partial charge in [-0.2, -0.15) is 0 Å². The van der Waals surface area contributed by atoms with Crippen molar-refractivity contribution in [3.05, 3.63) is 0 Å². The van der Waals surface area contributed by atoms with Crippen LogP contribution in [0, 0.1) is 0 Å². The van der Waals surface area contributed by atoms with E-state index in [0.717, 1.165) is 0 Å². The van der Waals surface area contributed by atoms with Crippen molar-refractivity contribution in [2.75, 3.05) is 12.3 Å². The largest absolute Gasteiger partial charge is 0.107 e. The van der Waals surface area contributed by atoms with Gasteiger partial charge in [-0.15, -0.1) is 0 Å². The molecular weight excluding hydrogens is 151 g/mol. The van der Waals surface area contributed by atoms with Crippen molar-refractivity contribution in [1.29, 1.82) is 0 Å². The molecule has 2 rings (SSSR count). The molecule has 0 bridgehead atoms. The van der Waals surface area contributed by atoms with Gasteiger partial charge in [-0.05, 0) is 12.8 Å². The summed E-state index contributed by atoms with van der Waals surface area (Å²) in [4.78, 5) is 0. The molecule has 64 valence electrons. The molecule has 2 fully saturated rings. The lowest BCUT2D eigenvalue weighted by Gasteiger charge is -2.28. The van der Waals surface area contributed by atoms with Gasteiger partial charge in [0.1, 0.15) is 5.66 Å². The van der Waals surface area contributed by atoms with Gasteiger partial charge >= 0.3 is 0 Å². The average molecular weight is 171 g/mol. The molecule has 3 atom stereocenters. The van der Waals surface area contributed by atoms with Crippen LogP contribution in [0.3, 0.4) is 0 Å². The number of rotatable bonds is 4. The van der Waals surface area contributed by atoms with E-state index in [1.807, 2.05) is 0 Å². The fraction of sp³-hybridized carbons (Fsp3) is 1.00. The van der Waals surface area contributed by atoms with Crippen LogP contribution in [0.15, 0.2) is 0 Å². The summed E-state index contributed by atoms with van der Waals surface area (Å²) in [5.74, 6) is 0. The Morgan fingerprint density at radius 1 is 1.27 bits per heavy atom. The minimum atomic E-state index is -0.203. The van der Waals surface area contributed by atoms with Crippen LogP contribution in [0.25, 0.3) is 0 Å². The highest BCUT2D eigenvalue weighted by molar-refractivity contribution is 7.85. The Labute approximate surface area is 71.1 Å². The number of hydrogen-bond acceptors (Lipinski definition) is 0. The maximum Gasteiger partial charge on any atom is 0.107 e. The quantitative estimate of drug-likeness (QED) is 0.569. The van der Waals surface area contributed by atoms with E-state index in [2.05, 4.69) is 13.8 Å². The lowest BCUT2D eigenvalue weighted by atomic mass is 10.1. The molecule has 3 unspecified atom stereocenters. The molecule has 0 aliphatic carbocycles. The molecule has 1 heteroatoms. The predicted octanol–water partition coefficient (Wildman–Crippen LogP) is 3.37. The highest BCUT2D eigenvalue weighted by atomic mass is 31.2. The van der Waals surface area contributed by atoms with Crippen molar-refractivity contribution in [3.8, 4) is 0 Å². The van der Waals surface area contributed by atoms with E-state index < -0.39 is 0 Å². The Morgan fingerprint density at radius 2 is 2.09 bits per heavy atom. The van der Waals surface area contributed by atoms with Crippen molar-refractivity contribution < 1.29 is 0 Å². The SMILES string of the molecule is CCCC1CC2C[P+]12CCC. The van der Waals surface area contributed by atoms with Crippen molar-refractivity contribution in [3.63, 3.8) is 0 Å². The van der Waals surface area contributed by atoms with Crippen LogP contribution in [0.4, 0.5) is 0 Å². The van der Waals surface area contributed by atoms with Gasteiger partial charge in [0.05, 0.1) is 18.0 Å². The second-order valence-corrected chi connectivity index (χ2v) is 8.82. The molecule has 0 aromatic carbocycles. The Balaban J connectivity index is 1.86. The molecule has 0 spiro atoms. The lowest BCUT2D eigenvalue weighted by Crippen LogP contribution is -2.21. The van der Waals surface area contributed by atoms with E-state index >= 15 is 0 Å². The Bertz CT molecular complexity index is 153. The maximum atomic E-state index is 2.37. The van der Waals surface area contributed by atoms with Gasteiger partial charge in [-0.3, -0.25) is 0 Å². The third-order valence-corrected chi connectivity index (χ3v) is 9.38. The van der Waals surface area contributed by atoms with E-state index in [1.165, 1.54) is 24.2 Å². The normalized spacial score (nSPS) is 46.4. The first-order chi connectivity index (χ1) is 5.33. The van der Waals surface area contributed by atoms with Crippen LogP contribution in [-0.4, -0.2) is 23.6 Å². The van der Waals surface area contributed by atoms with Gasteiger partial charge in [0.25, 0.3) is 0 Å². The van der Waals surface area contributed by atoms with Gasteiger partial charge < -0.3 is 0 Å². The fourth-order valence-electron chi connectivity index (χ4n) is 3.04. The second-order valence-electron chi connectivity index (χ2n) is 4.34. The highest BCUT2D eigenvalue weighted by Gasteiger charge is 2.75. The summed E-state index contributed by atoms with van der Waals surface area (Å²) in [5, 5.41) is 0. The number of hydrogen-bond donors (Lipinski definition) is 0. The van der Waals surface area contributed by atoms with Crippen molar-refractivity contribution in [2.24, 2.45) is 0 Å². The van der Waals surface area contributed by atoms with Crippen LogP contribution >= 0.6 is 7.26 Å². The summed E-state index contributed by atoms with van der Waals surface area (Å²) in [5.41, 5.74) is 2.54. The van der Waals surface area contributed by atoms with Crippen LogP contribution < -0.4 is 0 Å². The molecule has 0 saturated carbocycles. The fourth-order valence-corrected chi connectivity index (χ4v) is 8.88. The Hall–Kier alpha value is 0.430. The molecule has 0 aromatic rings. The van der Waals surface area contributed by atoms with Gasteiger partial charge in [-0.25, -0.2) is 0 Å². The minimum absolute atomic E-state index is 0.203. The molecule has 2 saturated heterocycles. The topological polar surface area (TPSA) is 0 Å². The van der Waals surface area contributed by atoms with Crippen LogP contribution in [-0.2, 0) is 0 Å². The third kappa shape index (κ3) is 1.06. The predicted molar refractivity (Wildman–Crippen MR) is 54.0 cm³/mol. The molecule has 11 heavy (non-hydrogen) atoms. The molecule has 2 heterocycles. The van der Waals surface area contributed by atoms with Crippen molar-refractivity contribution >= 4 is 7.26 Å². The van der Waals surface area contributed by atoms with E-state index in [4.69, 9.17) is 0 Å². The van der Waals surface area contributed by atoms with Gasteiger partial charge in [-0.1, -0.05) is 20.3 Å². The third-order valence-electron chi connectivity index (χ3n) is 3.68. The van der Waals surface area contributed by atoms with Crippen LogP contribution in [0.2, 0.25) is 0 Å². The van der Waals surface area contributed by atoms with Crippen LogP contribution in [0.5, 0.6) is 0 Å². The first kappa shape index (κ1) is 8.05.